The van der Waals surface area contributed by atoms with Gasteiger partial charge in [-0.15, -0.1) is 0 Å². The summed E-state index contributed by atoms with van der Waals surface area (Å²) >= 11 is 1.44. The van der Waals surface area contributed by atoms with E-state index in [1.54, 1.807) is 12.3 Å². The number of hydrogen-bond donors (Lipinski definition) is 2. The molecule has 1 aromatic heterocycles. The summed E-state index contributed by atoms with van der Waals surface area (Å²) in [6.07, 6.45) is 3.57. The van der Waals surface area contributed by atoms with Crippen molar-refractivity contribution in [3.63, 3.8) is 0 Å². The van der Waals surface area contributed by atoms with Crippen molar-refractivity contribution in [3.05, 3.63) is 6.07 Å². The van der Waals surface area contributed by atoms with Crippen molar-refractivity contribution in [2.24, 2.45) is 0 Å². The molecule has 2 unspecified atom stereocenters. The fourth-order valence-electron chi connectivity index (χ4n) is 1.25. The topological polar surface area (TPSA) is 80.9 Å². The number of nitrogens with two attached hydrogens (primary N) is 1. The normalized spacial score (nSPS) is 14.4. The van der Waals surface area contributed by atoms with Crippen LogP contribution in [0.3, 0.4) is 0 Å². The van der Waals surface area contributed by atoms with E-state index in [2.05, 4.69) is 15.3 Å². The maximum atomic E-state index is 11.0. The first kappa shape index (κ1) is 13.2. The third kappa shape index (κ3) is 4.36. The zero-order valence-electron chi connectivity index (χ0n) is 9.56. The second-order valence-corrected chi connectivity index (χ2v) is 5.70. The van der Waals surface area contributed by atoms with Crippen molar-refractivity contribution >= 4 is 34.2 Å². The molecular weight excluding hydrogens is 244 g/mol. The van der Waals surface area contributed by atoms with Gasteiger partial charge in [-0.2, -0.15) is 0 Å². The van der Waals surface area contributed by atoms with E-state index in [0.717, 1.165) is 0 Å². The number of thioether (sulfide) groups is 1. The molecule has 0 spiro atoms. The molecule has 1 rings (SSSR count). The van der Waals surface area contributed by atoms with Gasteiger partial charge in [0.2, 0.25) is 0 Å². The third-order valence-electron chi connectivity index (χ3n) is 1.79. The monoisotopic (exact) mass is 260 g/mol. The summed E-state index contributed by atoms with van der Waals surface area (Å²) in [5, 5.41) is 3.78. The van der Waals surface area contributed by atoms with Gasteiger partial charge in [-0.05, 0) is 13.2 Å². The van der Waals surface area contributed by atoms with Crippen molar-refractivity contribution in [3.8, 4) is 0 Å². The van der Waals surface area contributed by atoms with Crippen LogP contribution in [0.15, 0.2) is 11.2 Å². The first-order valence-corrected chi connectivity index (χ1v) is 7.71. The Balaban J connectivity index is 2.72. The number of nitrogen functional groups attached to an aromatic ring is 1. The van der Waals surface area contributed by atoms with Gasteiger partial charge in [0.15, 0.2) is 5.16 Å². The van der Waals surface area contributed by atoms with Crippen molar-refractivity contribution in [2.75, 3.05) is 29.3 Å². The minimum Gasteiger partial charge on any atom is -0.383 e. The molecule has 2 atom stereocenters. The number of rotatable bonds is 5. The molecule has 7 heteroatoms. The highest BCUT2D eigenvalue weighted by atomic mass is 32.2. The van der Waals surface area contributed by atoms with Crippen LogP contribution in [-0.2, 0) is 10.8 Å². The Kier molecular flexibility index (Phi) is 5.01. The van der Waals surface area contributed by atoms with E-state index >= 15 is 0 Å². The van der Waals surface area contributed by atoms with Gasteiger partial charge in [0.25, 0.3) is 0 Å². The largest absolute Gasteiger partial charge is 0.383 e. The predicted octanol–water partition coefficient (Wildman–Crippen LogP) is 0.960. The summed E-state index contributed by atoms with van der Waals surface area (Å²) in [5.74, 6) is 1.69. The van der Waals surface area contributed by atoms with Crippen molar-refractivity contribution in [1.29, 1.82) is 0 Å². The van der Waals surface area contributed by atoms with Gasteiger partial charge in [0.1, 0.15) is 11.6 Å². The van der Waals surface area contributed by atoms with E-state index in [4.69, 9.17) is 5.73 Å². The lowest BCUT2D eigenvalue weighted by Crippen LogP contribution is -2.23. The van der Waals surface area contributed by atoms with Gasteiger partial charge in [0.05, 0.1) is 0 Å². The van der Waals surface area contributed by atoms with Crippen LogP contribution in [0.1, 0.15) is 6.92 Å². The standard InChI is InChI=1S/C9H16N4OS2/c1-6(5-16(3)14)11-8-4-7(10)12-9(13-8)15-2/h4,6H,5H2,1-3H3,(H3,10,11,12,13). The molecule has 1 heterocycles. The van der Waals surface area contributed by atoms with Crippen LogP contribution in [0, 0.1) is 0 Å². The molecule has 0 saturated heterocycles. The SMILES string of the molecule is CSc1nc(N)cc(NC(C)CS(C)=O)n1. The molecule has 0 bridgehead atoms. The van der Waals surface area contributed by atoms with Crippen LogP contribution in [0.2, 0.25) is 0 Å². The average molecular weight is 260 g/mol. The van der Waals surface area contributed by atoms with Gasteiger partial charge >= 0.3 is 0 Å². The smallest absolute Gasteiger partial charge is 0.191 e. The molecule has 16 heavy (non-hydrogen) atoms. The van der Waals surface area contributed by atoms with Crippen LogP contribution in [0.25, 0.3) is 0 Å². The highest BCUT2D eigenvalue weighted by molar-refractivity contribution is 7.98. The molecule has 5 nitrogen and oxygen atoms in total. The minimum absolute atomic E-state index is 0.0924. The number of aromatic nitrogens is 2. The molecule has 1 aromatic rings. The summed E-state index contributed by atoms with van der Waals surface area (Å²) < 4.78 is 11.0. The van der Waals surface area contributed by atoms with Gasteiger partial charge in [-0.1, -0.05) is 11.8 Å². The Labute approximate surface area is 102 Å². The molecule has 0 aliphatic rings. The molecule has 0 aliphatic heterocycles. The number of hydrogen-bond acceptors (Lipinski definition) is 6. The molecule has 0 amide bonds. The molecular formula is C9H16N4OS2. The van der Waals surface area contributed by atoms with Crippen LogP contribution in [-0.4, -0.2) is 38.5 Å². The summed E-state index contributed by atoms with van der Waals surface area (Å²) in [6, 6.07) is 1.77. The molecule has 0 fully saturated rings. The fraction of sp³-hybridized carbons (Fsp3) is 0.556. The van der Waals surface area contributed by atoms with Crippen LogP contribution < -0.4 is 11.1 Å². The lowest BCUT2D eigenvalue weighted by Gasteiger charge is -2.13. The Morgan fingerprint density at radius 3 is 2.88 bits per heavy atom. The van der Waals surface area contributed by atoms with Gasteiger partial charge in [-0.25, -0.2) is 9.97 Å². The van der Waals surface area contributed by atoms with Crippen molar-refractivity contribution in [2.45, 2.75) is 18.1 Å². The maximum absolute atomic E-state index is 11.0. The molecule has 90 valence electrons. The quantitative estimate of drug-likeness (QED) is 0.606. The molecule has 0 aliphatic carbocycles. The van der Waals surface area contributed by atoms with E-state index in [1.807, 2.05) is 13.2 Å². The Bertz CT molecular complexity index is 386. The van der Waals surface area contributed by atoms with Crippen LogP contribution in [0.5, 0.6) is 0 Å². The highest BCUT2D eigenvalue weighted by Crippen LogP contribution is 2.15. The predicted molar refractivity (Wildman–Crippen MR) is 70.2 cm³/mol. The summed E-state index contributed by atoms with van der Waals surface area (Å²) in [5.41, 5.74) is 5.65. The second kappa shape index (κ2) is 6.05. The number of anilines is 2. The Morgan fingerprint density at radius 2 is 2.31 bits per heavy atom. The summed E-state index contributed by atoms with van der Waals surface area (Å²) in [4.78, 5) is 8.31. The second-order valence-electron chi connectivity index (χ2n) is 3.45. The van der Waals surface area contributed by atoms with E-state index in [1.165, 1.54) is 11.8 Å². The van der Waals surface area contributed by atoms with E-state index in [-0.39, 0.29) is 6.04 Å². The third-order valence-corrected chi connectivity index (χ3v) is 3.30. The maximum Gasteiger partial charge on any atom is 0.191 e. The van der Waals surface area contributed by atoms with E-state index in [9.17, 15) is 4.21 Å². The minimum atomic E-state index is -0.824. The van der Waals surface area contributed by atoms with Gasteiger partial charge < -0.3 is 11.1 Å². The van der Waals surface area contributed by atoms with Gasteiger partial charge in [0, 0.05) is 34.9 Å². The average Bonchev–Trinajstić information content (AvgIpc) is 2.14. The molecule has 0 saturated carbocycles. The molecule has 3 N–H and O–H groups in total. The van der Waals surface area contributed by atoms with Crippen LogP contribution in [0.4, 0.5) is 11.6 Å². The van der Waals surface area contributed by atoms with Gasteiger partial charge in [-0.3, -0.25) is 4.21 Å². The lowest BCUT2D eigenvalue weighted by molar-refractivity contribution is 0.682. The zero-order valence-corrected chi connectivity index (χ0v) is 11.2. The molecule has 0 aromatic carbocycles. The van der Waals surface area contributed by atoms with Crippen LogP contribution >= 0.6 is 11.8 Å². The first-order valence-electron chi connectivity index (χ1n) is 4.76. The van der Waals surface area contributed by atoms with Crippen molar-refractivity contribution < 1.29 is 4.21 Å². The summed E-state index contributed by atoms with van der Waals surface area (Å²) in [6.45, 7) is 1.96. The zero-order chi connectivity index (χ0) is 12.1. The number of nitrogens with zero attached hydrogens (tertiary/aromatic N) is 2. The number of nitrogens with one attached hydrogen (secondary N) is 1. The Hall–Kier alpha value is -0.820. The lowest BCUT2D eigenvalue weighted by atomic mass is 10.4. The fourth-order valence-corrected chi connectivity index (χ4v) is 2.43. The van der Waals surface area contributed by atoms with Crippen molar-refractivity contribution in [1.82, 2.24) is 9.97 Å². The molecule has 0 radical (unpaired) electrons. The highest BCUT2D eigenvalue weighted by Gasteiger charge is 2.07. The van der Waals surface area contributed by atoms with E-state index in [0.29, 0.717) is 22.5 Å². The van der Waals surface area contributed by atoms with E-state index < -0.39 is 10.8 Å². The summed E-state index contributed by atoms with van der Waals surface area (Å²) in [7, 11) is -0.824. The Morgan fingerprint density at radius 1 is 1.62 bits per heavy atom. The first-order chi connectivity index (χ1) is 7.51.